The normalized spacial score (nSPS) is 34.0. The van der Waals surface area contributed by atoms with Crippen molar-refractivity contribution < 1.29 is 9.45 Å². The molecule has 1 saturated heterocycles. The monoisotopic (exact) mass is 202 g/mol. The van der Waals surface area contributed by atoms with Gasteiger partial charge in [0, 0.05) is 31.0 Å². The summed E-state index contributed by atoms with van der Waals surface area (Å²) in [6, 6.07) is 0. The fourth-order valence-corrected chi connectivity index (χ4v) is 2.58. The second-order valence-electron chi connectivity index (χ2n) is 4.34. The molecular formula is C11H13BNO2. The third kappa shape index (κ3) is 1.53. The molecule has 0 aromatic carbocycles. The SMILES string of the molecule is O=C1CCC2O[B]N3CC=CC=C3C2C1. The average Bonchev–Trinajstić information content (AvgIpc) is 2.29. The summed E-state index contributed by atoms with van der Waals surface area (Å²) in [5.41, 5.74) is 1.25. The molecule has 2 fully saturated rings. The lowest BCUT2D eigenvalue weighted by atomic mass is 9.78. The van der Waals surface area contributed by atoms with Gasteiger partial charge in [-0.3, -0.25) is 4.79 Å². The number of hydrogen-bond donors (Lipinski definition) is 0. The minimum atomic E-state index is 0.219. The third-order valence-corrected chi connectivity index (χ3v) is 3.38. The molecule has 2 unspecified atom stereocenters. The second kappa shape index (κ2) is 3.52. The zero-order valence-corrected chi connectivity index (χ0v) is 8.56. The van der Waals surface area contributed by atoms with Crippen LogP contribution in [0.15, 0.2) is 23.9 Å². The predicted molar refractivity (Wildman–Crippen MR) is 56.9 cm³/mol. The lowest BCUT2D eigenvalue weighted by molar-refractivity contribution is -0.124. The molecule has 3 rings (SSSR count). The van der Waals surface area contributed by atoms with Crippen molar-refractivity contribution in [2.75, 3.05) is 6.54 Å². The van der Waals surface area contributed by atoms with Crippen LogP contribution < -0.4 is 0 Å². The van der Waals surface area contributed by atoms with Crippen LogP contribution in [0, 0.1) is 5.92 Å². The Labute approximate surface area is 90.1 Å². The molecule has 0 bridgehead atoms. The van der Waals surface area contributed by atoms with Gasteiger partial charge in [-0.15, -0.1) is 0 Å². The van der Waals surface area contributed by atoms with Crippen LogP contribution in [0.5, 0.6) is 0 Å². The first kappa shape index (κ1) is 9.22. The van der Waals surface area contributed by atoms with E-state index < -0.39 is 0 Å². The minimum absolute atomic E-state index is 0.219. The number of nitrogens with zero attached hydrogens (tertiary/aromatic N) is 1. The Bertz CT molecular complexity index is 350. The Morgan fingerprint density at radius 2 is 2.47 bits per heavy atom. The van der Waals surface area contributed by atoms with Crippen LogP contribution in [-0.2, 0) is 9.45 Å². The average molecular weight is 202 g/mol. The first-order valence-corrected chi connectivity index (χ1v) is 5.48. The highest BCUT2D eigenvalue weighted by atomic mass is 16.5. The molecule has 4 heteroatoms. The van der Waals surface area contributed by atoms with E-state index >= 15 is 0 Å². The minimum Gasteiger partial charge on any atom is -0.415 e. The van der Waals surface area contributed by atoms with Gasteiger partial charge < -0.3 is 9.47 Å². The number of carbonyl (C=O) groups is 1. The predicted octanol–water partition coefficient (Wildman–Crippen LogP) is 1.04. The lowest BCUT2D eigenvalue weighted by Gasteiger charge is -2.43. The fourth-order valence-electron chi connectivity index (χ4n) is 2.58. The molecule has 1 aliphatic carbocycles. The summed E-state index contributed by atoms with van der Waals surface area (Å²) >= 11 is 0. The van der Waals surface area contributed by atoms with E-state index in [1.165, 1.54) is 5.70 Å². The van der Waals surface area contributed by atoms with Crippen molar-refractivity contribution in [1.29, 1.82) is 0 Å². The maximum absolute atomic E-state index is 11.5. The first-order valence-electron chi connectivity index (χ1n) is 5.48. The van der Waals surface area contributed by atoms with Gasteiger partial charge >= 0.3 is 7.62 Å². The standard InChI is InChI=1S/C11H13BNO2/c14-8-4-5-11-9(7-8)10-3-1-2-6-13(10)12-15-11/h1-3,9,11H,4-7H2. The van der Waals surface area contributed by atoms with Crippen LogP contribution in [0.3, 0.4) is 0 Å². The molecule has 2 atom stereocenters. The molecule has 15 heavy (non-hydrogen) atoms. The topological polar surface area (TPSA) is 29.5 Å². The van der Waals surface area contributed by atoms with Gasteiger partial charge in [-0.05, 0) is 12.5 Å². The molecule has 0 spiro atoms. The molecule has 2 aliphatic heterocycles. The molecule has 77 valence electrons. The zero-order chi connectivity index (χ0) is 10.3. The highest BCUT2D eigenvalue weighted by Crippen LogP contribution is 2.36. The molecular weight excluding hydrogens is 189 g/mol. The molecule has 1 radical (unpaired) electrons. The number of Topliss-reactive ketones (excluding diaryl/α,β-unsaturated/α-hetero) is 1. The Morgan fingerprint density at radius 3 is 3.40 bits per heavy atom. The molecule has 2 heterocycles. The summed E-state index contributed by atoms with van der Waals surface area (Å²) in [7, 11) is 1.81. The number of rotatable bonds is 0. The highest BCUT2D eigenvalue weighted by molar-refractivity contribution is 6.25. The van der Waals surface area contributed by atoms with Crippen molar-refractivity contribution in [2.24, 2.45) is 5.92 Å². The molecule has 0 aromatic rings. The van der Waals surface area contributed by atoms with Crippen molar-refractivity contribution in [3.8, 4) is 0 Å². The van der Waals surface area contributed by atoms with Gasteiger partial charge in [0.1, 0.15) is 5.78 Å². The molecule has 3 aliphatic rings. The van der Waals surface area contributed by atoms with Gasteiger partial charge in [0.05, 0.1) is 6.10 Å². The van der Waals surface area contributed by atoms with E-state index in [9.17, 15) is 4.79 Å². The summed E-state index contributed by atoms with van der Waals surface area (Å²) in [6.07, 6.45) is 8.69. The smallest absolute Gasteiger partial charge is 0.415 e. The van der Waals surface area contributed by atoms with Crippen molar-refractivity contribution in [3.63, 3.8) is 0 Å². The van der Waals surface area contributed by atoms with E-state index in [4.69, 9.17) is 4.65 Å². The van der Waals surface area contributed by atoms with E-state index in [1.807, 2.05) is 7.62 Å². The molecule has 0 aromatic heterocycles. The Balaban J connectivity index is 1.88. The van der Waals surface area contributed by atoms with Crippen molar-refractivity contribution >= 4 is 13.4 Å². The lowest BCUT2D eigenvalue weighted by Crippen LogP contribution is -2.48. The Kier molecular flexibility index (Phi) is 2.17. The second-order valence-corrected chi connectivity index (χ2v) is 4.34. The van der Waals surface area contributed by atoms with Gasteiger partial charge in [-0.25, -0.2) is 0 Å². The van der Waals surface area contributed by atoms with Crippen molar-refractivity contribution in [1.82, 2.24) is 4.81 Å². The van der Waals surface area contributed by atoms with Crippen LogP contribution in [0.2, 0.25) is 0 Å². The van der Waals surface area contributed by atoms with Gasteiger partial charge in [0.2, 0.25) is 0 Å². The largest absolute Gasteiger partial charge is 0.439 e. The number of carbonyl (C=O) groups excluding carboxylic acids is 1. The third-order valence-electron chi connectivity index (χ3n) is 3.38. The van der Waals surface area contributed by atoms with E-state index in [1.54, 1.807) is 0 Å². The van der Waals surface area contributed by atoms with Crippen LogP contribution in [0.1, 0.15) is 19.3 Å². The van der Waals surface area contributed by atoms with Crippen LogP contribution in [-0.4, -0.2) is 30.9 Å². The summed E-state index contributed by atoms with van der Waals surface area (Å²) in [5.74, 6) is 0.651. The van der Waals surface area contributed by atoms with Crippen LogP contribution >= 0.6 is 0 Å². The molecule has 3 nitrogen and oxygen atoms in total. The van der Waals surface area contributed by atoms with E-state index in [-0.39, 0.29) is 12.0 Å². The van der Waals surface area contributed by atoms with Crippen molar-refractivity contribution in [3.05, 3.63) is 23.9 Å². The van der Waals surface area contributed by atoms with E-state index in [2.05, 4.69) is 23.0 Å². The summed E-state index contributed by atoms with van der Waals surface area (Å²) < 4.78 is 5.67. The number of hydrogen-bond acceptors (Lipinski definition) is 3. The number of ketones is 1. The first-order chi connectivity index (χ1) is 7.34. The Hall–Kier alpha value is -1.03. The van der Waals surface area contributed by atoms with Gasteiger partial charge in [0.25, 0.3) is 0 Å². The van der Waals surface area contributed by atoms with E-state index in [0.717, 1.165) is 13.0 Å². The number of allylic oxidation sites excluding steroid dienone is 2. The maximum Gasteiger partial charge on any atom is 0.439 e. The van der Waals surface area contributed by atoms with Gasteiger partial charge in [-0.2, -0.15) is 0 Å². The molecule has 0 amide bonds. The molecule has 0 N–H and O–H groups in total. The number of fused-ring (bicyclic) bond motifs is 3. The van der Waals surface area contributed by atoms with Crippen LogP contribution in [0.4, 0.5) is 0 Å². The maximum atomic E-state index is 11.5. The van der Waals surface area contributed by atoms with Crippen LogP contribution in [0.25, 0.3) is 0 Å². The van der Waals surface area contributed by atoms with E-state index in [0.29, 0.717) is 18.6 Å². The fraction of sp³-hybridized carbons (Fsp3) is 0.545. The molecule has 1 saturated carbocycles. The quantitative estimate of drug-likeness (QED) is 0.549. The van der Waals surface area contributed by atoms with Gasteiger partial charge in [-0.1, -0.05) is 12.2 Å². The summed E-state index contributed by atoms with van der Waals surface area (Å²) in [5, 5.41) is 0. The zero-order valence-electron chi connectivity index (χ0n) is 8.56. The summed E-state index contributed by atoms with van der Waals surface area (Å²) in [4.78, 5) is 13.6. The summed E-state index contributed by atoms with van der Waals surface area (Å²) in [6.45, 7) is 0.864. The van der Waals surface area contributed by atoms with Gasteiger partial charge in [0.15, 0.2) is 0 Å². The Morgan fingerprint density at radius 1 is 1.53 bits per heavy atom. The van der Waals surface area contributed by atoms with Crippen molar-refractivity contribution in [2.45, 2.75) is 25.4 Å². The highest BCUT2D eigenvalue weighted by Gasteiger charge is 2.39.